The molecule has 0 aliphatic heterocycles. The van der Waals surface area contributed by atoms with E-state index in [0.29, 0.717) is 5.56 Å². The maximum Gasteiger partial charge on any atom is 0.173 e. The van der Waals surface area contributed by atoms with Crippen LogP contribution in [-0.2, 0) is 0 Å². The van der Waals surface area contributed by atoms with Gasteiger partial charge in [-0.15, -0.1) is 0 Å². The molecule has 2 nitrogen and oxygen atoms in total. The quantitative estimate of drug-likeness (QED) is 0.514. The SMILES string of the molecule is Cc1ccc(C(NN)c2ccc(F)c(F)c2Br)cc1. The Kier molecular flexibility index (Phi) is 4.29. The van der Waals surface area contributed by atoms with Crippen LogP contribution in [0.4, 0.5) is 8.78 Å². The van der Waals surface area contributed by atoms with Crippen molar-refractivity contribution in [1.29, 1.82) is 0 Å². The van der Waals surface area contributed by atoms with Crippen LogP contribution in [0.3, 0.4) is 0 Å². The molecule has 0 bridgehead atoms. The van der Waals surface area contributed by atoms with Crippen LogP contribution in [0.25, 0.3) is 0 Å². The van der Waals surface area contributed by atoms with Gasteiger partial charge in [0.1, 0.15) is 0 Å². The van der Waals surface area contributed by atoms with Crippen molar-refractivity contribution in [3.8, 4) is 0 Å². The molecule has 2 aromatic carbocycles. The van der Waals surface area contributed by atoms with E-state index in [9.17, 15) is 8.78 Å². The fourth-order valence-electron chi connectivity index (χ4n) is 1.89. The summed E-state index contributed by atoms with van der Waals surface area (Å²) in [6, 6.07) is 9.85. The van der Waals surface area contributed by atoms with E-state index in [0.717, 1.165) is 17.2 Å². The highest BCUT2D eigenvalue weighted by Gasteiger charge is 2.19. The van der Waals surface area contributed by atoms with Crippen molar-refractivity contribution >= 4 is 15.9 Å². The van der Waals surface area contributed by atoms with Crippen LogP contribution in [0.2, 0.25) is 0 Å². The molecule has 0 radical (unpaired) electrons. The minimum atomic E-state index is -0.912. The van der Waals surface area contributed by atoms with E-state index < -0.39 is 17.7 Å². The standard InChI is InChI=1S/C14H13BrF2N2/c1-8-2-4-9(5-3-8)14(19-18)10-6-7-11(16)13(17)12(10)15/h2-7,14,19H,18H2,1H3. The minimum absolute atomic E-state index is 0.0797. The first-order valence-electron chi connectivity index (χ1n) is 5.70. The second-order valence-corrected chi connectivity index (χ2v) is 5.07. The third-order valence-electron chi connectivity index (χ3n) is 2.95. The van der Waals surface area contributed by atoms with Crippen LogP contribution in [-0.4, -0.2) is 0 Å². The number of benzene rings is 2. The largest absolute Gasteiger partial charge is 0.271 e. The zero-order valence-corrected chi connectivity index (χ0v) is 11.8. The molecule has 0 fully saturated rings. The summed E-state index contributed by atoms with van der Waals surface area (Å²) in [5.41, 5.74) is 5.16. The zero-order chi connectivity index (χ0) is 14.0. The first-order valence-corrected chi connectivity index (χ1v) is 6.50. The summed E-state index contributed by atoms with van der Waals surface area (Å²) in [5.74, 6) is 3.74. The van der Waals surface area contributed by atoms with Crippen molar-refractivity contribution in [2.24, 2.45) is 5.84 Å². The summed E-state index contributed by atoms with van der Waals surface area (Å²) in [5, 5.41) is 0. The highest BCUT2D eigenvalue weighted by molar-refractivity contribution is 9.10. The van der Waals surface area contributed by atoms with Gasteiger partial charge in [-0.2, -0.15) is 0 Å². The molecule has 0 saturated heterocycles. The summed E-state index contributed by atoms with van der Waals surface area (Å²) >= 11 is 3.07. The first kappa shape index (κ1) is 14.1. The normalized spacial score (nSPS) is 12.5. The molecule has 19 heavy (non-hydrogen) atoms. The van der Waals surface area contributed by atoms with Crippen LogP contribution in [0, 0.1) is 18.6 Å². The number of aryl methyl sites for hydroxylation is 1. The molecule has 0 spiro atoms. The number of nitrogens with one attached hydrogen (secondary N) is 1. The Hall–Kier alpha value is -1.30. The summed E-state index contributed by atoms with van der Waals surface area (Å²) in [6.45, 7) is 1.97. The Balaban J connectivity index is 2.48. The third kappa shape index (κ3) is 2.83. The Morgan fingerprint density at radius 3 is 2.32 bits per heavy atom. The van der Waals surface area contributed by atoms with E-state index in [2.05, 4.69) is 21.4 Å². The Labute approximate surface area is 118 Å². The molecule has 1 unspecified atom stereocenters. The second-order valence-electron chi connectivity index (χ2n) is 4.27. The number of nitrogens with two attached hydrogens (primary N) is 1. The van der Waals surface area contributed by atoms with Gasteiger partial charge in [-0.3, -0.25) is 5.84 Å². The molecule has 2 aromatic rings. The molecular formula is C14H13BrF2N2. The van der Waals surface area contributed by atoms with Gasteiger partial charge in [-0.1, -0.05) is 35.9 Å². The number of hydrazine groups is 1. The lowest BCUT2D eigenvalue weighted by Gasteiger charge is -2.19. The topological polar surface area (TPSA) is 38.0 Å². The Morgan fingerprint density at radius 1 is 1.11 bits per heavy atom. The molecular weight excluding hydrogens is 314 g/mol. The molecule has 5 heteroatoms. The fourth-order valence-corrected chi connectivity index (χ4v) is 2.44. The van der Waals surface area contributed by atoms with Gasteiger partial charge in [0, 0.05) is 0 Å². The molecule has 0 heterocycles. The van der Waals surface area contributed by atoms with Crippen molar-refractivity contribution in [3.63, 3.8) is 0 Å². The van der Waals surface area contributed by atoms with E-state index in [1.807, 2.05) is 31.2 Å². The second kappa shape index (κ2) is 5.77. The van der Waals surface area contributed by atoms with E-state index in [4.69, 9.17) is 5.84 Å². The number of hydrogen-bond acceptors (Lipinski definition) is 2. The Bertz CT molecular complexity index is 585. The van der Waals surface area contributed by atoms with Crippen LogP contribution >= 0.6 is 15.9 Å². The van der Waals surface area contributed by atoms with Gasteiger partial charge < -0.3 is 0 Å². The van der Waals surface area contributed by atoms with Crippen LogP contribution in [0.15, 0.2) is 40.9 Å². The lowest BCUT2D eigenvalue weighted by atomic mass is 9.98. The van der Waals surface area contributed by atoms with E-state index in [1.165, 1.54) is 6.07 Å². The molecule has 0 saturated carbocycles. The van der Waals surface area contributed by atoms with E-state index >= 15 is 0 Å². The molecule has 3 N–H and O–H groups in total. The Morgan fingerprint density at radius 2 is 1.74 bits per heavy atom. The predicted molar refractivity (Wildman–Crippen MR) is 74.4 cm³/mol. The monoisotopic (exact) mass is 326 g/mol. The number of halogens is 3. The molecule has 1 atom stereocenters. The zero-order valence-electron chi connectivity index (χ0n) is 10.3. The van der Waals surface area contributed by atoms with Crippen molar-refractivity contribution in [3.05, 3.63) is 69.2 Å². The van der Waals surface area contributed by atoms with Crippen molar-refractivity contribution in [2.75, 3.05) is 0 Å². The van der Waals surface area contributed by atoms with Gasteiger partial charge in [0.05, 0.1) is 10.5 Å². The lowest BCUT2D eigenvalue weighted by molar-refractivity contribution is 0.498. The molecule has 0 aromatic heterocycles. The van der Waals surface area contributed by atoms with E-state index in [-0.39, 0.29) is 4.47 Å². The molecule has 0 amide bonds. The highest BCUT2D eigenvalue weighted by Crippen LogP contribution is 2.31. The highest BCUT2D eigenvalue weighted by atomic mass is 79.9. The van der Waals surface area contributed by atoms with Crippen molar-refractivity contribution in [1.82, 2.24) is 5.43 Å². The fraction of sp³-hybridized carbons (Fsp3) is 0.143. The van der Waals surface area contributed by atoms with Gasteiger partial charge in [0.15, 0.2) is 11.6 Å². The summed E-state index contributed by atoms with van der Waals surface area (Å²) in [4.78, 5) is 0. The molecule has 0 aliphatic rings. The first-order chi connectivity index (χ1) is 9.04. The molecule has 0 aliphatic carbocycles. The number of rotatable bonds is 3. The summed E-state index contributed by atoms with van der Waals surface area (Å²) in [6.07, 6.45) is 0. The van der Waals surface area contributed by atoms with Gasteiger partial charge in [0.25, 0.3) is 0 Å². The van der Waals surface area contributed by atoms with Gasteiger partial charge in [0.2, 0.25) is 0 Å². The van der Waals surface area contributed by atoms with Gasteiger partial charge in [-0.25, -0.2) is 14.2 Å². The predicted octanol–water partition coefficient (Wildman–Crippen LogP) is 3.59. The number of hydrogen-bond donors (Lipinski definition) is 2. The van der Waals surface area contributed by atoms with Crippen LogP contribution in [0.5, 0.6) is 0 Å². The average molecular weight is 327 g/mol. The lowest BCUT2D eigenvalue weighted by Crippen LogP contribution is -2.29. The maximum absolute atomic E-state index is 13.6. The smallest absolute Gasteiger partial charge is 0.173 e. The maximum atomic E-state index is 13.6. The van der Waals surface area contributed by atoms with Gasteiger partial charge in [-0.05, 0) is 40.0 Å². The minimum Gasteiger partial charge on any atom is -0.271 e. The van der Waals surface area contributed by atoms with Crippen molar-refractivity contribution in [2.45, 2.75) is 13.0 Å². The molecule has 2 rings (SSSR count). The van der Waals surface area contributed by atoms with Crippen LogP contribution in [0.1, 0.15) is 22.7 Å². The summed E-state index contributed by atoms with van der Waals surface area (Å²) in [7, 11) is 0. The average Bonchev–Trinajstić information content (AvgIpc) is 2.41. The summed E-state index contributed by atoms with van der Waals surface area (Å²) < 4.78 is 26.8. The van der Waals surface area contributed by atoms with Crippen molar-refractivity contribution < 1.29 is 8.78 Å². The molecule has 100 valence electrons. The van der Waals surface area contributed by atoms with Crippen LogP contribution < -0.4 is 11.3 Å². The van der Waals surface area contributed by atoms with Gasteiger partial charge >= 0.3 is 0 Å². The van der Waals surface area contributed by atoms with E-state index in [1.54, 1.807) is 0 Å². The third-order valence-corrected chi connectivity index (χ3v) is 3.76.